The second-order valence-corrected chi connectivity index (χ2v) is 5.09. The summed E-state index contributed by atoms with van der Waals surface area (Å²) < 4.78 is 20.2. The molecule has 0 heterocycles. The van der Waals surface area contributed by atoms with E-state index in [1.807, 2.05) is 12.1 Å². The summed E-state index contributed by atoms with van der Waals surface area (Å²) in [5.74, 6) is 0.566. The Labute approximate surface area is 147 Å². The number of methoxy groups -OCH3 is 4. The fraction of sp³-hybridized carbons (Fsp3) is 0.278. The molecular weight excluding hydrogens is 332 g/mol. The van der Waals surface area contributed by atoms with Crippen LogP contribution in [0.2, 0.25) is 5.02 Å². The molecule has 1 rings (SSSR count). The van der Waals surface area contributed by atoms with Gasteiger partial charge in [0.2, 0.25) is 0 Å². The molecule has 0 amide bonds. The number of hydrogen-bond donors (Lipinski definition) is 0. The molecule has 0 radical (unpaired) electrons. The van der Waals surface area contributed by atoms with Gasteiger partial charge in [0, 0.05) is 5.57 Å². The first-order valence-electron chi connectivity index (χ1n) is 7.06. The van der Waals surface area contributed by atoms with E-state index in [0.717, 1.165) is 5.56 Å². The van der Waals surface area contributed by atoms with E-state index in [-0.39, 0.29) is 5.57 Å². The molecule has 6 heteroatoms. The van der Waals surface area contributed by atoms with E-state index < -0.39 is 5.97 Å². The average Bonchev–Trinajstić information content (AvgIpc) is 2.60. The summed E-state index contributed by atoms with van der Waals surface area (Å²) in [5.41, 5.74) is 1.73. The van der Waals surface area contributed by atoms with Crippen LogP contribution in [0.1, 0.15) is 12.5 Å². The average molecular weight is 353 g/mol. The van der Waals surface area contributed by atoms with Gasteiger partial charge in [0.15, 0.2) is 0 Å². The van der Waals surface area contributed by atoms with E-state index in [4.69, 9.17) is 30.5 Å². The molecule has 0 saturated carbocycles. The van der Waals surface area contributed by atoms with Gasteiger partial charge < -0.3 is 18.9 Å². The number of carbonyl (C=O) groups excluding carboxylic acids is 1. The fourth-order valence-electron chi connectivity index (χ4n) is 1.95. The molecule has 0 aliphatic carbocycles. The fourth-order valence-corrected chi connectivity index (χ4v) is 2.14. The molecule has 0 fully saturated rings. The Morgan fingerprint density at radius 2 is 1.83 bits per heavy atom. The molecule has 1 aromatic rings. The maximum atomic E-state index is 11.8. The SMILES string of the molecule is CO\C=C(C(=O)OC)/C(C)=C(/C=C/c1ccc(Cl)c(OC)c1)OC. The molecule has 24 heavy (non-hydrogen) atoms. The standard InChI is InChI=1S/C18H21ClO5/c1-12(14(11-21-2)18(20)24-5)16(22-3)9-7-13-6-8-15(19)17(10-13)23-4/h6-11H,1-5H3/b9-7+,14-11+,16-12-. The molecular formula is C18H21ClO5. The third-order valence-electron chi connectivity index (χ3n) is 3.24. The molecule has 5 nitrogen and oxygen atoms in total. The maximum Gasteiger partial charge on any atom is 0.341 e. The summed E-state index contributed by atoms with van der Waals surface area (Å²) in [6, 6.07) is 5.39. The maximum absolute atomic E-state index is 11.8. The van der Waals surface area contributed by atoms with Gasteiger partial charge in [0.05, 0.1) is 39.7 Å². The number of allylic oxidation sites excluding steroid dienone is 1. The lowest BCUT2D eigenvalue weighted by molar-refractivity contribution is -0.136. The van der Waals surface area contributed by atoms with Crippen LogP contribution in [0.25, 0.3) is 6.08 Å². The number of carbonyl (C=O) groups is 1. The minimum absolute atomic E-state index is 0.273. The van der Waals surface area contributed by atoms with Crippen LogP contribution < -0.4 is 4.74 Å². The summed E-state index contributed by atoms with van der Waals surface area (Å²) >= 11 is 6.01. The molecule has 0 aromatic heterocycles. The highest BCUT2D eigenvalue weighted by Crippen LogP contribution is 2.26. The molecule has 0 N–H and O–H groups in total. The van der Waals surface area contributed by atoms with Crippen molar-refractivity contribution in [2.75, 3.05) is 28.4 Å². The van der Waals surface area contributed by atoms with Crippen LogP contribution in [0.15, 0.2) is 47.4 Å². The van der Waals surface area contributed by atoms with Crippen molar-refractivity contribution in [1.82, 2.24) is 0 Å². The lowest BCUT2D eigenvalue weighted by Crippen LogP contribution is -2.08. The molecule has 130 valence electrons. The van der Waals surface area contributed by atoms with Gasteiger partial charge in [-0.3, -0.25) is 0 Å². The van der Waals surface area contributed by atoms with Gasteiger partial charge in [-0.1, -0.05) is 23.7 Å². The second-order valence-electron chi connectivity index (χ2n) is 4.68. The van der Waals surface area contributed by atoms with Gasteiger partial charge in [-0.05, 0) is 30.7 Å². The Kier molecular flexibility index (Phi) is 7.92. The van der Waals surface area contributed by atoms with Gasteiger partial charge >= 0.3 is 5.97 Å². The number of hydrogen-bond acceptors (Lipinski definition) is 5. The van der Waals surface area contributed by atoms with Crippen LogP contribution in [0, 0.1) is 0 Å². The highest BCUT2D eigenvalue weighted by molar-refractivity contribution is 6.32. The zero-order valence-corrected chi connectivity index (χ0v) is 15.1. The van der Waals surface area contributed by atoms with Crippen LogP contribution in [0.3, 0.4) is 0 Å². The Morgan fingerprint density at radius 1 is 1.12 bits per heavy atom. The van der Waals surface area contributed by atoms with E-state index in [1.54, 1.807) is 32.2 Å². The van der Waals surface area contributed by atoms with Crippen molar-refractivity contribution in [3.05, 3.63) is 58.0 Å². The Bertz CT molecular complexity index is 674. The number of rotatable bonds is 7. The van der Waals surface area contributed by atoms with Crippen molar-refractivity contribution in [2.45, 2.75) is 6.92 Å². The van der Waals surface area contributed by atoms with Crippen LogP contribution in [-0.4, -0.2) is 34.4 Å². The lowest BCUT2D eigenvalue weighted by Gasteiger charge is -2.10. The Balaban J connectivity index is 3.20. The van der Waals surface area contributed by atoms with E-state index >= 15 is 0 Å². The molecule has 0 atom stereocenters. The minimum atomic E-state index is -0.509. The molecule has 0 aliphatic heterocycles. The van der Waals surface area contributed by atoms with E-state index in [2.05, 4.69) is 0 Å². The van der Waals surface area contributed by atoms with Crippen LogP contribution in [0.4, 0.5) is 0 Å². The first-order chi connectivity index (χ1) is 11.5. The lowest BCUT2D eigenvalue weighted by atomic mass is 10.1. The molecule has 1 aromatic carbocycles. The number of halogens is 1. The number of esters is 1. The summed E-state index contributed by atoms with van der Waals surface area (Å²) in [4.78, 5) is 11.8. The normalized spacial score (nSPS) is 12.7. The van der Waals surface area contributed by atoms with Crippen molar-refractivity contribution in [3.63, 3.8) is 0 Å². The van der Waals surface area contributed by atoms with Gasteiger partial charge in [-0.15, -0.1) is 0 Å². The predicted molar refractivity (Wildman–Crippen MR) is 93.9 cm³/mol. The molecule has 0 aliphatic rings. The van der Waals surface area contributed by atoms with Gasteiger partial charge in [-0.2, -0.15) is 0 Å². The third kappa shape index (κ3) is 5.06. The summed E-state index contributed by atoms with van der Waals surface area (Å²) in [5, 5.41) is 0.532. The predicted octanol–water partition coefficient (Wildman–Crippen LogP) is 3.99. The van der Waals surface area contributed by atoms with Crippen LogP contribution in [-0.2, 0) is 19.0 Å². The zero-order chi connectivity index (χ0) is 18.1. The molecule has 0 saturated heterocycles. The molecule has 0 spiro atoms. The monoisotopic (exact) mass is 352 g/mol. The van der Waals surface area contributed by atoms with Crippen LogP contribution >= 0.6 is 11.6 Å². The summed E-state index contributed by atoms with van der Waals surface area (Å²) in [6.07, 6.45) is 4.88. The van der Waals surface area contributed by atoms with E-state index in [0.29, 0.717) is 22.1 Å². The third-order valence-corrected chi connectivity index (χ3v) is 3.55. The second kappa shape index (κ2) is 9.67. The molecule has 0 unspecified atom stereocenters. The summed E-state index contributed by atoms with van der Waals surface area (Å²) in [7, 11) is 5.84. The van der Waals surface area contributed by atoms with Gasteiger partial charge in [0.1, 0.15) is 17.1 Å². The summed E-state index contributed by atoms with van der Waals surface area (Å²) in [6.45, 7) is 1.74. The molecule has 0 bridgehead atoms. The van der Waals surface area contributed by atoms with E-state index in [9.17, 15) is 4.79 Å². The van der Waals surface area contributed by atoms with E-state index in [1.165, 1.54) is 27.6 Å². The highest BCUT2D eigenvalue weighted by atomic mass is 35.5. The van der Waals surface area contributed by atoms with Gasteiger partial charge in [-0.25, -0.2) is 4.79 Å². The number of benzene rings is 1. The van der Waals surface area contributed by atoms with Crippen molar-refractivity contribution < 1.29 is 23.7 Å². The van der Waals surface area contributed by atoms with Gasteiger partial charge in [0.25, 0.3) is 0 Å². The van der Waals surface area contributed by atoms with Crippen molar-refractivity contribution in [3.8, 4) is 5.75 Å². The largest absolute Gasteiger partial charge is 0.503 e. The quantitative estimate of drug-likeness (QED) is 0.321. The first kappa shape index (κ1) is 19.6. The first-order valence-corrected chi connectivity index (χ1v) is 7.44. The Morgan fingerprint density at radius 3 is 2.38 bits per heavy atom. The van der Waals surface area contributed by atoms with Crippen LogP contribution in [0.5, 0.6) is 5.75 Å². The number of ether oxygens (including phenoxy) is 4. The Hall–Kier alpha value is -2.40. The van der Waals surface area contributed by atoms with Crippen molar-refractivity contribution in [1.29, 1.82) is 0 Å². The highest BCUT2D eigenvalue weighted by Gasteiger charge is 2.16. The topological polar surface area (TPSA) is 54.0 Å². The zero-order valence-electron chi connectivity index (χ0n) is 14.4. The minimum Gasteiger partial charge on any atom is -0.503 e. The van der Waals surface area contributed by atoms with Crippen molar-refractivity contribution in [2.24, 2.45) is 0 Å². The van der Waals surface area contributed by atoms with Crippen molar-refractivity contribution >= 4 is 23.6 Å². The smallest absolute Gasteiger partial charge is 0.341 e.